The first-order chi connectivity index (χ1) is 10.1. The van der Waals surface area contributed by atoms with E-state index in [1.54, 1.807) is 0 Å². The molecule has 0 fully saturated rings. The summed E-state index contributed by atoms with van der Waals surface area (Å²) in [5.74, 6) is -0.0661. The van der Waals surface area contributed by atoms with E-state index in [9.17, 15) is 4.79 Å². The van der Waals surface area contributed by atoms with Crippen LogP contribution in [0.2, 0.25) is 0 Å². The lowest BCUT2D eigenvalue weighted by Gasteiger charge is -2.09. The van der Waals surface area contributed by atoms with Crippen molar-refractivity contribution in [1.82, 2.24) is 9.55 Å². The number of carbonyl (C=O) groups excluding carboxylic acids is 1. The molecule has 3 aromatic rings. The SMILES string of the molecule is Cc1nc(Br)ccc1NC(=O)Cn1ccc2ccccc21. The number of fused-ring (bicyclic) bond motifs is 1. The van der Waals surface area contributed by atoms with Crippen LogP contribution in [0.4, 0.5) is 5.69 Å². The Morgan fingerprint density at radius 2 is 2.05 bits per heavy atom. The van der Waals surface area contributed by atoms with E-state index in [0.717, 1.165) is 26.9 Å². The molecule has 0 radical (unpaired) electrons. The second-order valence-electron chi connectivity index (χ2n) is 4.82. The molecule has 4 nitrogen and oxygen atoms in total. The summed E-state index contributed by atoms with van der Waals surface area (Å²) in [6.07, 6.45) is 1.93. The summed E-state index contributed by atoms with van der Waals surface area (Å²) < 4.78 is 2.70. The molecule has 1 aromatic carbocycles. The fourth-order valence-corrected chi connectivity index (χ4v) is 2.68. The molecule has 2 aromatic heterocycles. The van der Waals surface area contributed by atoms with Crippen LogP contribution in [0.1, 0.15) is 5.69 Å². The summed E-state index contributed by atoms with van der Waals surface area (Å²) in [4.78, 5) is 16.5. The minimum Gasteiger partial charge on any atom is -0.338 e. The maximum Gasteiger partial charge on any atom is 0.244 e. The van der Waals surface area contributed by atoms with Gasteiger partial charge in [0.15, 0.2) is 0 Å². The Morgan fingerprint density at radius 1 is 1.24 bits per heavy atom. The number of nitrogens with one attached hydrogen (secondary N) is 1. The normalized spacial score (nSPS) is 10.8. The molecule has 0 aliphatic rings. The van der Waals surface area contributed by atoms with Crippen LogP contribution in [0.25, 0.3) is 10.9 Å². The van der Waals surface area contributed by atoms with Crippen LogP contribution in [0.3, 0.4) is 0 Å². The molecule has 3 rings (SSSR count). The van der Waals surface area contributed by atoms with Gasteiger partial charge in [-0.3, -0.25) is 4.79 Å². The molecule has 0 aliphatic heterocycles. The quantitative estimate of drug-likeness (QED) is 0.736. The van der Waals surface area contributed by atoms with Crippen molar-refractivity contribution in [2.75, 3.05) is 5.32 Å². The fourth-order valence-electron chi connectivity index (χ4n) is 2.29. The first kappa shape index (κ1) is 13.8. The predicted molar refractivity (Wildman–Crippen MR) is 87.2 cm³/mol. The lowest BCUT2D eigenvalue weighted by atomic mass is 10.2. The molecule has 0 spiro atoms. The molecule has 0 atom stereocenters. The number of para-hydroxylation sites is 1. The van der Waals surface area contributed by atoms with Crippen molar-refractivity contribution in [2.24, 2.45) is 0 Å². The Hall–Kier alpha value is -2.14. The topological polar surface area (TPSA) is 46.9 Å². The summed E-state index contributed by atoms with van der Waals surface area (Å²) >= 11 is 3.31. The molecule has 106 valence electrons. The lowest BCUT2D eigenvalue weighted by Crippen LogP contribution is -2.19. The number of amides is 1. The van der Waals surface area contributed by atoms with Gasteiger partial charge in [0.1, 0.15) is 11.1 Å². The van der Waals surface area contributed by atoms with Crippen molar-refractivity contribution < 1.29 is 4.79 Å². The monoisotopic (exact) mass is 343 g/mol. The van der Waals surface area contributed by atoms with E-state index in [2.05, 4.69) is 26.2 Å². The van der Waals surface area contributed by atoms with Crippen molar-refractivity contribution >= 4 is 38.4 Å². The highest BCUT2D eigenvalue weighted by Crippen LogP contribution is 2.17. The second kappa shape index (κ2) is 5.69. The summed E-state index contributed by atoms with van der Waals surface area (Å²) in [5.41, 5.74) is 2.58. The van der Waals surface area contributed by atoms with E-state index < -0.39 is 0 Å². The second-order valence-corrected chi connectivity index (χ2v) is 5.63. The van der Waals surface area contributed by atoms with Gasteiger partial charge in [-0.05, 0) is 52.5 Å². The highest BCUT2D eigenvalue weighted by molar-refractivity contribution is 9.10. The molecule has 2 heterocycles. The molecule has 5 heteroatoms. The van der Waals surface area contributed by atoms with Crippen molar-refractivity contribution in [3.63, 3.8) is 0 Å². The summed E-state index contributed by atoms with van der Waals surface area (Å²) in [5, 5.41) is 4.03. The van der Waals surface area contributed by atoms with Crippen LogP contribution < -0.4 is 5.32 Å². The van der Waals surface area contributed by atoms with Crippen LogP contribution >= 0.6 is 15.9 Å². The van der Waals surface area contributed by atoms with Crippen LogP contribution in [0.5, 0.6) is 0 Å². The van der Waals surface area contributed by atoms with Gasteiger partial charge in [-0.25, -0.2) is 4.98 Å². The number of benzene rings is 1. The zero-order chi connectivity index (χ0) is 14.8. The van der Waals surface area contributed by atoms with Gasteiger partial charge in [-0.15, -0.1) is 0 Å². The van der Waals surface area contributed by atoms with Crippen molar-refractivity contribution in [2.45, 2.75) is 13.5 Å². The number of aryl methyl sites for hydroxylation is 1. The summed E-state index contributed by atoms with van der Waals surface area (Å²) in [6, 6.07) is 13.7. The molecule has 0 unspecified atom stereocenters. The third-order valence-electron chi connectivity index (χ3n) is 3.32. The fraction of sp³-hybridized carbons (Fsp3) is 0.125. The third kappa shape index (κ3) is 2.97. The smallest absolute Gasteiger partial charge is 0.244 e. The average Bonchev–Trinajstić information content (AvgIpc) is 2.85. The molecule has 0 aliphatic carbocycles. The van der Waals surface area contributed by atoms with Crippen molar-refractivity contribution in [3.05, 3.63) is 59.0 Å². The first-order valence-electron chi connectivity index (χ1n) is 6.60. The number of nitrogens with zero attached hydrogens (tertiary/aromatic N) is 2. The summed E-state index contributed by atoms with van der Waals surface area (Å²) in [6.45, 7) is 2.15. The number of carbonyl (C=O) groups is 1. The molecule has 1 N–H and O–H groups in total. The Labute approximate surface area is 130 Å². The number of pyridine rings is 1. The molecule has 0 saturated heterocycles. The van der Waals surface area contributed by atoms with Gasteiger partial charge in [0.25, 0.3) is 0 Å². The molecule has 21 heavy (non-hydrogen) atoms. The van der Waals surface area contributed by atoms with Crippen molar-refractivity contribution in [3.8, 4) is 0 Å². The number of hydrogen-bond acceptors (Lipinski definition) is 2. The van der Waals surface area contributed by atoms with Gasteiger partial charge in [0.2, 0.25) is 5.91 Å². The number of rotatable bonds is 3. The highest BCUT2D eigenvalue weighted by Gasteiger charge is 2.08. The Balaban J connectivity index is 1.77. The minimum absolute atomic E-state index is 0.0661. The highest BCUT2D eigenvalue weighted by atomic mass is 79.9. The van der Waals surface area contributed by atoms with Gasteiger partial charge < -0.3 is 9.88 Å². The van der Waals surface area contributed by atoms with E-state index >= 15 is 0 Å². The van der Waals surface area contributed by atoms with E-state index in [1.165, 1.54) is 0 Å². The van der Waals surface area contributed by atoms with Crippen LogP contribution in [-0.4, -0.2) is 15.5 Å². The number of anilines is 1. The van der Waals surface area contributed by atoms with Crippen LogP contribution in [0.15, 0.2) is 53.3 Å². The number of hydrogen-bond donors (Lipinski definition) is 1. The Kier molecular flexibility index (Phi) is 3.75. The molecular formula is C16H14BrN3O. The maximum atomic E-state index is 12.2. The largest absolute Gasteiger partial charge is 0.338 e. The van der Waals surface area contributed by atoms with Gasteiger partial charge in [-0.2, -0.15) is 0 Å². The molecular weight excluding hydrogens is 330 g/mol. The zero-order valence-corrected chi connectivity index (χ0v) is 13.1. The van der Waals surface area contributed by atoms with Gasteiger partial charge in [0, 0.05) is 11.7 Å². The lowest BCUT2D eigenvalue weighted by molar-refractivity contribution is -0.116. The standard InChI is InChI=1S/C16H14BrN3O/c1-11-13(6-7-15(17)18-11)19-16(21)10-20-9-8-12-4-2-3-5-14(12)20/h2-9H,10H2,1H3,(H,19,21). The number of halogens is 1. The molecule has 1 amide bonds. The molecule has 0 saturated carbocycles. The van der Waals surface area contributed by atoms with E-state index in [-0.39, 0.29) is 12.5 Å². The van der Waals surface area contributed by atoms with Gasteiger partial charge in [-0.1, -0.05) is 18.2 Å². The van der Waals surface area contributed by atoms with Gasteiger partial charge in [0.05, 0.1) is 11.4 Å². The summed E-state index contributed by atoms with van der Waals surface area (Å²) in [7, 11) is 0. The van der Waals surface area contributed by atoms with Crippen molar-refractivity contribution in [1.29, 1.82) is 0 Å². The predicted octanol–water partition coefficient (Wildman–Crippen LogP) is 3.75. The molecule has 0 bridgehead atoms. The Morgan fingerprint density at radius 3 is 2.86 bits per heavy atom. The van der Waals surface area contributed by atoms with Crippen LogP contribution in [-0.2, 0) is 11.3 Å². The first-order valence-corrected chi connectivity index (χ1v) is 7.39. The number of aromatic nitrogens is 2. The third-order valence-corrected chi connectivity index (χ3v) is 3.76. The van der Waals surface area contributed by atoms with E-state index in [0.29, 0.717) is 0 Å². The van der Waals surface area contributed by atoms with Crippen LogP contribution in [0, 0.1) is 6.92 Å². The van der Waals surface area contributed by atoms with E-state index in [1.807, 2.05) is 60.2 Å². The average molecular weight is 344 g/mol. The zero-order valence-electron chi connectivity index (χ0n) is 11.5. The van der Waals surface area contributed by atoms with Gasteiger partial charge >= 0.3 is 0 Å². The maximum absolute atomic E-state index is 12.2. The minimum atomic E-state index is -0.0661. The Bertz CT molecular complexity index is 810. The van der Waals surface area contributed by atoms with E-state index in [4.69, 9.17) is 0 Å².